The molecule has 1 amide bonds. The number of para-hydroxylation sites is 1. The van der Waals surface area contributed by atoms with Gasteiger partial charge in [0, 0.05) is 12.5 Å². The van der Waals surface area contributed by atoms with Crippen LogP contribution in [0.3, 0.4) is 0 Å². The first-order chi connectivity index (χ1) is 8.95. The summed E-state index contributed by atoms with van der Waals surface area (Å²) in [5.74, 6) is 0.324. The van der Waals surface area contributed by atoms with Crippen LogP contribution in [0.15, 0.2) is 18.2 Å². The van der Waals surface area contributed by atoms with Crippen LogP contribution in [0.5, 0.6) is 5.75 Å². The monoisotopic (exact) mass is 284 g/mol. The number of halogens is 1. The first kappa shape index (κ1) is 15.8. The maximum atomic E-state index is 12.0. The lowest BCUT2D eigenvalue weighted by atomic mass is 10.1. The molecule has 0 fully saturated rings. The molecule has 0 aromatic heterocycles. The van der Waals surface area contributed by atoms with Gasteiger partial charge in [-0.2, -0.15) is 0 Å². The number of hydrogen-bond acceptors (Lipinski definition) is 3. The van der Waals surface area contributed by atoms with E-state index in [1.54, 1.807) is 18.2 Å². The second-order valence-corrected chi connectivity index (χ2v) is 5.14. The molecule has 5 heteroatoms. The third kappa shape index (κ3) is 4.73. The average molecular weight is 285 g/mol. The Labute approximate surface area is 119 Å². The molecule has 1 aromatic rings. The van der Waals surface area contributed by atoms with Crippen LogP contribution in [-0.2, 0) is 4.79 Å². The highest BCUT2D eigenvalue weighted by Crippen LogP contribution is 2.33. The lowest BCUT2D eigenvalue weighted by Crippen LogP contribution is -2.28. The highest BCUT2D eigenvalue weighted by atomic mass is 35.5. The molecule has 0 aliphatic heterocycles. The average Bonchev–Trinajstić information content (AvgIpc) is 2.33. The highest BCUT2D eigenvalue weighted by Gasteiger charge is 2.16. The fourth-order valence-corrected chi connectivity index (χ4v) is 1.84. The van der Waals surface area contributed by atoms with E-state index in [1.165, 1.54) is 0 Å². The van der Waals surface area contributed by atoms with E-state index in [-0.39, 0.29) is 17.9 Å². The predicted octanol–water partition coefficient (Wildman–Crippen LogP) is 2.92. The Morgan fingerprint density at radius 2 is 2.05 bits per heavy atom. The molecule has 0 aliphatic carbocycles. The summed E-state index contributed by atoms with van der Waals surface area (Å²) in [4.78, 5) is 12.0. The quantitative estimate of drug-likeness (QED) is 0.844. The van der Waals surface area contributed by atoms with E-state index < -0.39 is 0 Å². The van der Waals surface area contributed by atoms with Crippen LogP contribution in [0.4, 0.5) is 5.69 Å². The van der Waals surface area contributed by atoms with Crippen LogP contribution in [0.1, 0.15) is 20.8 Å². The Hall–Kier alpha value is -1.26. The van der Waals surface area contributed by atoms with Gasteiger partial charge in [-0.3, -0.25) is 4.79 Å². The lowest BCUT2D eigenvalue weighted by Gasteiger charge is -2.18. The van der Waals surface area contributed by atoms with Gasteiger partial charge in [0.25, 0.3) is 0 Å². The summed E-state index contributed by atoms with van der Waals surface area (Å²) in [5, 5.41) is 6.32. The Morgan fingerprint density at radius 3 is 2.63 bits per heavy atom. The van der Waals surface area contributed by atoms with E-state index in [2.05, 4.69) is 10.6 Å². The molecule has 1 aromatic carbocycles. The predicted molar refractivity (Wildman–Crippen MR) is 78.9 cm³/mol. The topological polar surface area (TPSA) is 50.4 Å². The largest absolute Gasteiger partial charge is 0.487 e. The summed E-state index contributed by atoms with van der Waals surface area (Å²) >= 11 is 6.11. The fourth-order valence-electron chi connectivity index (χ4n) is 1.62. The molecular formula is C14H21ClN2O2. The Bertz CT molecular complexity index is 435. The SMILES string of the molecule is CNCC(C)C(=O)Nc1cccc(Cl)c1OC(C)C. The number of benzene rings is 1. The summed E-state index contributed by atoms with van der Waals surface area (Å²) in [6.07, 6.45) is -0.00900. The van der Waals surface area contributed by atoms with Gasteiger partial charge in [-0.1, -0.05) is 24.6 Å². The molecule has 0 heterocycles. The van der Waals surface area contributed by atoms with Crippen molar-refractivity contribution in [3.63, 3.8) is 0 Å². The van der Waals surface area contributed by atoms with E-state index in [0.717, 1.165) is 0 Å². The number of carbonyl (C=O) groups is 1. The number of anilines is 1. The molecule has 0 aliphatic rings. The standard InChI is InChI=1S/C14H21ClN2O2/c1-9(2)19-13-11(15)6-5-7-12(13)17-14(18)10(3)8-16-4/h5-7,9-10,16H,8H2,1-4H3,(H,17,18). The van der Waals surface area contributed by atoms with E-state index in [9.17, 15) is 4.79 Å². The van der Waals surface area contributed by atoms with E-state index >= 15 is 0 Å². The molecule has 0 saturated heterocycles. The molecule has 1 rings (SSSR count). The van der Waals surface area contributed by atoms with Gasteiger partial charge in [0.05, 0.1) is 16.8 Å². The maximum absolute atomic E-state index is 12.0. The number of hydrogen-bond donors (Lipinski definition) is 2. The van der Waals surface area contributed by atoms with Crippen molar-refractivity contribution in [1.82, 2.24) is 5.32 Å². The normalized spacial score (nSPS) is 12.3. The first-order valence-electron chi connectivity index (χ1n) is 6.36. The summed E-state index contributed by atoms with van der Waals surface area (Å²) in [5.41, 5.74) is 0.606. The number of nitrogens with one attached hydrogen (secondary N) is 2. The third-order valence-corrected chi connectivity index (χ3v) is 2.83. The van der Waals surface area contributed by atoms with Crippen molar-refractivity contribution in [3.8, 4) is 5.75 Å². The van der Waals surface area contributed by atoms with Crippen molar-refractivity contribution in [2.75, 3.05) is 18.9 Å². The molecular weight excluding hydrogens is 264 g/mol. The minimum atomic E-state index is -0.129. The summed E-state index contributed by atoms with van der Waals surface area (Å²) in [7, 11) is 1.82. The molecule has 0 saturated carbocycles. The Balaban J connectivity index is 2.88. The van der Waals surface area contributed by atoms with Gasteiger partial charge in [0.15, 0.2) is 5.75 Å². The molecule has 19 heavy (non-hydrogen) atoms. The zero-order valence-corrected chi connectivity index (χ0v) is 12.5. The van der Waals surface area contributed by atoms with Gasteiger partial charge < -0.3 is 15.4 Å². The lowest BCUT2D eigenvalue weighted by molar-refractivity contribution is -0.119. The van der Waals surface area contributed by atoms with Crippen LogP contribution in [0.2, 0.25) is 5.02 Å². The maximum Gasteiger partial charge on any atom is 0.228 e. The van der Waals surface area contributed by atoms with Crippen molar-refractivity contribution in [2.24, 2.45) is 5.92 Å². The number of rotatable bonds is 6. The molecule has 1 atom stereocenters. The van der Waals surface area contributed by atoms with Crippen LogP contribution in [0.25, 0.3) is 0 Å². The molecule has 4 nitrogen and oxygen atoms in total. The molecule has 2 N–H and O–H groups in total. The van der Waals surface area contributed by atoms with Crippen molar-refractivity contribution in [1.29, 1.82) is 0 Å². The highest BCUT2D eigenvalue weighted by molar-refractivity contribution is 6.32. The molecule has 0 bridgehead atoms. The van der Waals surface area contributed by atoms with Gasteiger partial charge in [-0.05, 0) is 33.0 Å². The van der Waals surface area contributed by atoms with Crippen LogP contribution in [0, 0.1) is 5.92 Å². The summed E-state index contributed by atoms with van der Waals surface area (Å²) in [6.45, 7) is 6.31. The molecule has 106 valence electrons. The minimum Gasteiger partial charge on any atom is -0.487 e. The molecule has 1 unspecified atom stereocenters. The Morgan fingerprint density at radius 1 is 1.37 bits per heavy atom. The second kappa shape index (κ2) is 7.36. The van der Waals surface area contributed by atoms with Gasteiger partial charge in [0.1, 0.15) is 0 Å². The van der Waals surface area contributed by atoms with E-state index in [4.69, 9.17) is 16.3 Å². The van der Waals surface area contributed by atoms with Crippen molar-refractivity contribution >= 4 is 23.2 Å². The van der Waals surface area contributed by atoms with Crippen LogP contribution < -0.4 is 15.4 Å². The Kier molecular flexibility index (Phi) is 6.12. The fraction of sp³-hybridized carbons (Fsp3) is 0.500. The minimum absolute atomic E-state index is 0.00900. The van der Waals surface area contributed by atoms with E-state index in [0.29, 0.717) is 23.0 Å². The first-order valence-corrected chi connectivity index (χ1v) is 6.74. The van der Waals surface area contributed by atoms with Gasteiger partial charge >= 0.3 is 0 Å². The zero-order valence-electron chi connectivity index (χ0n) is 11.8. The van der Waals surface area contributed by atoms with E-state index in [1.807, 2.05) is 27.8 Å². The summed E-state index contributed by atoms with van der Waals surface area (Å²) in [6, 6.07) is 5.31. The zero-order chi connectivity index (χ0) is 14.4. The number of amides is 1. The number of ether oxygens (including phenoxy) is 1. The van der Waals surface area contributed by atoms with Gasteiger partial charge in [-0.15, -0.1) is 0 Å². The van der Waals surface area contributed by atoms with Crippen LogP contribution in [-0.4, -0.2) is 25.6 Å². The molecule has 0 radical (unpaired) electrons. The van der Waals surface area contributed by atoms with Gasteiger partial charge in [-0.25, -0.2) is 0 Å². The van der Waals surface area contributed by atoms with Crippen molar-refractivity contribution < 1.29 is 9.53 Å². The second-order valence-electron chi connectivity index (χ2n) is 4.73. The smallest absolute Gasteiger partial charge is 0.228 e. The van der Waals surface area contributed by atoms with Crippen LogP contribution >= 0.6 is 11.6 Å². The summed E-state index contributed by atoms with van der Waals surface area (Å²) < 4.78 is 5.65. The number of carbonyl (C=O) groups excluding carboxylic acids is 1. The van der Waals surface area contributed by atoms with Crippen molar-refractivity contribution in [3.05, 3.63) is 23.2 Å². The van der Waals surface area contributed by atoms with Crippen molar-refractivity contribution in [2.45, 2.75) is 26.9 Å². The van der Waals surface area contributed by atoms with Gasteiger partial charge in [0.2, 0.25) is 5.91 Å². The third-order valence-electron chi connectivity index (χ3n) is 2.54. The molecule has 0 spiro atoms.